The van der Waals surface area contributed by atoms with Crippen molar-refractivity contribution >= 4 is 140 Å². The molecular weight excluding hydrogens is 1670 g/mol. The van der Waals surface area contributed by atoms with E-state index in [0.717, 1.165) is 26.5 Å². The number of fused-ring (bicyclic) bond motifs is 5. The Morgan fingerprint density at radius 1 is 0.504 bits per heavy atom. The molecule has 688 valence electrons. The van der Waals surface area contributed by atoms with Gasteiger partial charge in [-0.1, -0.05) is 88.1 Å². The van der Waals surface area contributed by atoms with E-state index in [9.17, 15) is 77.6 Å². The van der Waals surface area contributed by atoms with Gasteiger partial charge < -0.3 is 115 Å². The molecule has 6 heterocycles. The molecule has 3 aromatic carbocycles. The van der Waals surface area contributed by atoms with Gasteiger partial charge in [0.1, 0.15) is 78.3 Å². The van der Waals surface area contributed by atoms with E-state index >= 15 is 24.0 Å². The Morgan fingerprint density at radius 3 is 1.47 bits per heavy atom. The van der Waals surface area contributed by atoms with Crippen LogP contribution in [0.2, 0.25) is 0 Å². The summed E-state index contributed by atoms with van der Waals surface area (Å²) >= 11 is 0.787. The van der Waals surface area contributed by atoms with Gasteiger partial charge in [0.05, 0.1) is 31.2 Å². The number of phenolic OH excluding ortho intramolecular Hbond substituents is 1. The summed E-state index contributed by atoms with van der Waals surface area (Å²) in [5.41, 5.74) is 20.6. The first kappa shape index (κ1) is 98.3. The van der Waals surface area contributed by atoms with Gasteiger partial charge in [-0.2, -0.15) is 0 Å². The molecule has 20 N–H and O–H groups in total. The SMILES string of the molecule is CCCC[C@@H]1C(=O)N(C)[C@H](CCCC)C(=O)N[C@@H](C)C(=O)N[C@@H](C(=O)NCC(N)=O)CSCC(=O)N[C@@H](Cc2ccc(O)cc2)C(=O)N2CCCC2C(=O)N[C@H](CC(=O)O)C(=O)N2CCC[C@H]2C(=O)N[C@H](CN)C(=O)N[C@@H](CC(=O)O)C(=O)N2CCCC2C(=O)N[C@H](Cc2c[nH]c3ccccc23)C(=O)C[C@@H](CCN)C(=O)N[C@@H](Cc2c[nH]c3ccccc23)C(=O)N1C. The van der Waals surface area contributed by atoms with Gasteiger partial charge >= 0.3 is 11.9 Å². The number of likely N-dealkylation sites (N-methyl/N-ethyl adjacent to an activating group) is 2. The highest BCUT2D eigenvalue weighted by Gasteiger charge is 2.47. The Hall–Kier alpha value is -12.5. The number of aromatic hydroxyl groups is 1. The van der Waals surface area contributed by atoms with E-state index in [4.69, 9.17) is 17.2 Å². The number of phenols is 1. The van der Waals surface area contributed by atoms with Crippen LogP contribution in [0.15, 0.2) is 85.2 Å². The molecule has 9 rings (SSSR count). The van der Waals surface area contributed by atoms with Gasteiger partial charge in [-0.15, -0.1) is 11.8 Å². The van der Waals surface area contributed by atoms with Crippen LogP contribution in [0.1, 0.15) is 140 Å². The average molecular weight is 1790 g/mol. The molecular formula is C86H117N19O21S. The Labute approximate surface area is 737 Å². The van der Waals surface area contributed by atoms with Crippen molar-refractivity contribution in [2.75, 3.05) is 64.9 Å². The zero-order valence-corrected chi connectivity index (χ0v) is 72.6. The number of carbonyl (C=O) groups excluding carboxylic acids is 16. The number of para-hydroxylation sites is 2. The zero-order chi connectivity index (χ0) is 92.5. The Morgan fingerprint density at radius 2 is 0.969 bits per heavy atom. The lowest BCUT2D eigenvalue weighted by Crippen LogP contribution is -2.61. The van der Waals surface area contributed by atoms with Gasteiger partial charge in [-0.05, 0) is 112 Å². The number of Topliss-reactive ketones (excluding diaryl/α,β-unsaturated/α-hetero) is 1. The third-order valence-corrected chi connectivity index (χ3v) is 24.5. The summed E-state index contributed by atoms with van der Waals surface area (Å²) in [5, 5.41) is 55.2. The number of carboxylic acids is 2. The monoisotopic (exact) mass is 1780 g/mol. The first-order valence-corrected chi connectivity index (χ1v) is 44.1. The van der Waals surface area contributed by atoms with E-state index in [0.29, 0.717) is 64.2 Å². The van der Waals surface area contributed by atoms with Crippen LogP contribution >= 0.6 is 11.8 Å². The van der Waals surface area contributed by atoms with Gasteiger partial charge in [0.2, 0.25) is 88.6 Å². The number of thioether (sulfide) groups is 1. The number of primary amides is 1. The summed E-state index contributed by atoms with van der Waals surface area (Å²) in [6.07, 6.45) is 2.12. The molecule has 0 radical (unpaired) electrons. The van der Waals surface area contributed by atoms with E-state index in [2.05, 4.69) is 57.8 Å². The molecule has 127 heavy (non-hydrogen) atoms. The highest BCUT2D eigenvalue weighted by molar-refractivity contribution is 8.00. The number of rotatable bonds is 22. The second-order valence-corrected chi connectivity index (χ2v) is 33.6. The molecule has 2 unspecified atom stereocenters. The minimum atomic E-state index is -1.93. The summed E-state index contributed by atoms with van der Waals surface area (Å²) in [7, 11) is 2.76. The number of nitrogens with zero attached hydrogens (tertiary/aromatic N) is 5. The molecule has 5 aromatic rings. The number of aromatic nitrogens is 2. The maximum absolute atomic E-state index is 15.7. The lowest BCUT2D eigenvalue weighted by molar-refractivity contribution is -0.149. The fraction of sp³-hybridized carbons (Fsp3) is 0.535. The second-order valence-electron chi connectivity index (χ2n) is 32.6. The van der Waals surface area contributed by atoms with E-state index in [1.54, 1.807) is 48.8 Å². The number of hydrogen-bond donors (Lipinski definition) is 17. The number of ketones is 1. The molecule has 4 saturated heterocycles. The van der Waals surface area contributed by atoms with Crippen LogP contribution in [0.3, 0.4) is 0 Å². The predicted octanol–water partition coefficient (Wildman–Crippen LogP) is -1.53. The number of nitrogens with two attached hydrogens (primary N) is 3. The van der Waals surface area contributed by atoms with Gasteiger partial charge in [0, 0.05) is 112 Å². The van der Waals surface area contributed by atoms with Crippen LogP contribution in [0.5, 0.6) is 5.75 Å². The molecule has 4 aliphatic heterocycles. The van der Waals surface area contributed by atoms with Gasteiger partial charge in [-0.25, -0.2) is 0 Å². The summed E-state index contributed by atoms with van der Waals surface area (Å²) in [6, 6.07) is 0.0984. The number of H-pyrrole nitrogens is 2. The number of aromatic amines is 2. The van der Waals surface area contributed by atoms with Crippen LogP contribution < -0.4 is 65.1 Å². The molecule has 0 saturated carbocycles. The molecule has 0 spiro atoms. The third kappa shape index (κ3) is 26.3. The lowest BCUT2D eigenvalue weighted by Gasteiger charge is -2.36. The van der Waals surface area contributed by atoms with Crippen molar-refractivity contribution in [3.8, 4) is 5.75 Å². The molecule has 0 aliphatic carbocycles. The van der Waals surface area contributed by atoms with Crippen molar-refractivity contribution in [2.24, 2.45) is 23.1 Å². The van der Waals surface area contributed by atoms with E-state index in [1.165, 1.54) is 55.1 Å². The highest BCUT2D eigenvalue weighted by atomic mass is 32.2. The van der Waals surface area contributed by atoms with Crippen molar-refractivity contribution < 1.29 is 102 Å². The van der Waals surface area contributed by atoms with Gasteiger partial charge in [-0.3, -0.25) is 86.3 Å². The first-order valence-electron chi connectivity index (χ1n) is 42.9. The summed E-state index contributed by atoms with van der Waals surface area (Å²) in [5.74, 6) is -19.9. The van der Waals surface area contributed by atoms with Crippen LogP contribution in [-0.4, -0.2) is 300 Å². The standard InChI is InChI=1S/C86H117N19O21S/c1-6-8-21-64-78(118)93-47(3)74(114)100-63(76(116)92-44-70(89)108)45-127-46-71(109)94-58(35-48-26-28-52(106)29-27-48)83(123)103-32-15-24-66(103)80(120)98-61(40-73(112)113)85(125)105-34-16-25-67(105)81(121)99-62(41-88)77(117)97-60(39-72(110)111)84(124)104-33-14-23-65(104)79(119)95-57(36-50-42-90-55-19-12-10-17-53(50)55)69(107)38-49(30-31-87)75(115)96-59(37-51-43-91-56-20-13-11-18-54(51)56)82(122)102(5)68(22-9-7-2)86(126)101(64)4/h10-13,17-20,26-29,42-43,47,49,57-68,90-91,106H,6-9,14-16,21-25,30-41,44-46,87-88H2,1-5H3,(H2,89,108)(H,92,116)(H,93,118)(H,94,109)(H,95,119)(H,96,115)(H,97,117)(H,98,120)(H,99,121)(H,100,114)(H,110,111)(H,112,113)/t47-,49+,57+,58-,59-,60-,61+,62+,63+,64+,65?,66?,67-,68+/m0/s1. The van der Waals surface area contributed by atoms with E-state index in [-0.39, 0.29) is 109 Å². The van der Waals surface area contributed by atoms with Crippen molar-refractivity contribution in [3.63, 3.8) is 0 Å². The number of carboxylic acid groups (broad SMARTS) is 2. The zero-order valence-electron chi connectivity index (χ0n) is 71.8. The van der Waals surface area contributed by atoms with Crippen molar-refractivity contribution in [1.82, 2.24) is 82.3 Å². The third-order valence-electron chi connectivity index (χ3n) is 23.5. The fourth-order valence-electron chi connectivity index (χ4n) is 16.5. The lowest BCUT2D eigenvalue weighted by atomic mass is 9.91. The molecule has 4 aliphatic rings. The second kappa shape index (κ2) is 46.6. The quantitative estimate of drug-likeness (QED) is 0.0374. The normalized spacial score (nSPS) is 25.5. The number of nitrogens with one attached hydrogen (secondary N) is 11. The minimum absolute atomic E-state index is 0.0282. The van der Waals surface area contributed by atoms with E-state index in [1.807, 2.05) is 26.0 Å². The summed E-state index contributed by atoms with van der Waals surface area (Å²) in [4.78, 5) is 271. The fourth-order valence-corrected chi connectivity index (χ4v) is 17.4. The minimum Gasteiger partial charge on any atom is -0.508 e. The Bertz CT molecular complexity index is 4850. The van der Waals surface area contributed by atoms with Crippen molar-refractivity contribution in [1.29, 1.82) is 0 Å². The summed E-state index contributed by atoms with van der Waals surface area (Å²) in [6.45, 7) is 3.06. The highest BCUT2D eigenvalue weighted by Crippen LogP contribution is 2.29. The molecule has 14 atom stereocenters. The molecule has 2 aromatic heterocycles. The summed E-state index contributed by atoms with van der Waals surface area (Å²) < 4.78 is 0. The Balaban J connectivity index is 1.06. The van der Waals surface area contributed by atoms with Crippen molar-refractivity contribution in [3.05, 3.63) is 102 Å². The van der Waals surface area contributed by atoms with Crippen molar-refractivity contribution in [2.45, 2.75) is 221 Å². The van der Waals surface area contributed by atoms with E-state index < -0.39 is 235 Å². The van der Waals surface area contributed by atoms with Crippen LogP contribution in [0.25, 0.3) is 21.8 Å². The molecule has 41 heteroatoms. The maximum Gasteiger partial charge on any atom is 0.305 e. The molecule has 0 bridgehead atoms. The first-order chi connectivity index (χ1) is 60.6. The number of carbonyl (C=O) groups is 18. The van der Waals surface area contributed by atoms with Crippen LogP contribution in [0, 0.1) is 5.92 Å². The molecule has 15 amide bonds. The number of amides is 15. The van der Waals surface area contributed by atoms with Crippen LogP contribution in [0.4, 0.5) is 0 Å². The smallest absolute Gasteiger partial charge is 0.305 e. The average Bonchev–Trinajstić information content (AvgIpc) is 1.71. The van der Waals surface area contributed by atoms with Crippen LogP contribution in [-0.2, 0) is 106 Å². The topological polar surface area (TPSA) is 602 Å². The number of unbranched alkanes of at least 4 members (excludes halogenated alkanes) is 2. The predicted molar refractivity (Wildman–Crippen MR) is 463 cm³/mol. The largest absolute Gasteiger partial charge is 0.508 e. The molecule has 4 fully saturated rings. The molecule has 40 nitrogen and oxygen atoms in total. The Kier molecular flexibility index (Phi) is 36.1. The number of aliphatic carboxylic acids is 2. The van der Waals surface area contributed by atoms with Gasteiger partial charge in [0.25, 0.3) is 0 Å². The number of hydrogen-bond acceptors (Lipinski definition) is 22. The van der Waals surface area contributed by atoms with Gasteiger partial charge in [0.15, 0.2) is 5.78 Å². The maximum atomic E-state index is 15.7. The number of benzene rings is 3.